The first-order chi connectivity index (χ1) is 10.3. The van der Waals surface area contributed by atoms with Crippen molar-refractivity contribution in [1.29, 1.82) is 0 Å². The molecule has 0 saturated carbocycles. The summed E-state index contributed by atoms with van der Waals surface area (Å²) in [6, 6.07) is 20.2. The molecule has 1 atom stereocenters. The molecule has 0 fully saturated rings. The number of aliphatic hydroxyl groups excluding tert-OH is 1. The fourth-order valence-electron chi connectivity index (χ4n) is 1.32. The molecule has 0 amide bonds. The Labute approximate surface area is 156 Å². The third kappa shape index (κ3) is 9.68. The van der Waals surface area contributed by atoms with Crippen molar-refractivity contribution in [3.63, 3.8) is 0 Å². The average molecular weight is 522 g/mol. The summed E-state index contributed by atoms with van der Waals surface area (Å²) in [4.78, 5) is 0. The molecular formula is C18H20O3U. The van der Waals surface area contributed by atoms with Crippen LogP contribution in [-0.2, 0) is 0 Å². The Bertz CT molecular complexity index is 488. The van der Waals surface area contributed by atoms with Gasteiger partial charge in [0.1, 0.15) is 6.61 Å². The van der Waals surface area contributed by atoms with E-state index in [1.807, 2.05) is 31.2 Å². The number of aliphatic hydroxyl groups is 1. The smallest absolute Gasteiger partial charge is 0.516 e. The van der Waals surface area contributed by atoms with Gasteiger partial charge in [-0.05, 0) is 6.42 Å². The molecule has 114 valence electrons. The largest absolute Gasteiger partial charge is 2.00 e. The number of benzene rings is 2. The van der Waals surface area contributed by atoms with Crippen LogP contribution in [0.4, 0.5) is 0 Å². The summed E-state index contributed by atoms with van der Waals surface area (Å²) in [6.07, 6.45) is 1.75. The van der Waals surface area contributed by atoms with Gasteiger partial charge in [0.2, 0.25) is 0 Å². The van der Waals surface area contributed by atoms with Gasteiger partial charge in [-0.1, -0.05) is 13.5 Å². The van der Waals surface area contributed by atoms with E-state index in [1.165, 1.54) is 6.26 Å². The van der Waals surface area contributed by atoms with Crippen LogP contribution in [0.15, 0.2) is 61.4 Å². The van der Waals surface area contributed by atoms with E-state index in [9.17, 15) is 5.11 Å². The standard InChI is InChI=1S/C10H13O2.C8H7O.U/c1-2-9(11)8-12-10-6-4-3-5-7-10;1-2-9-8-6-4-3-5-7-8;/h4-7,9,11H,2,8H2,1H3;2,4-7H,1H2;/q2*-1;+2. The Morgan fingerprint density at radius 3 is 2.05 bits per heavy atom. The Hall–Kier alpha value is -1.21. The van der Waals surface area contributed by atoms with Crippen LogP contribution in [0.3, 0.4) is 0 Å². The van der Waals surface area contributed by atoms with Crippen molar-refractivity contribution in [2.75, 3.05) is 6.61 Å². The molecule has 3 nitrogen and oxygen atoms in total. The van der Waals surface area contributed by atoms with Crippen LogP contribution < -0.4 is 9.47 Å². The zero-order valence-corrected chi connectivity index (χ0v) is 16.8. The third-order valence-electron chi connectivity index (χ3n) is 2.51. The van der Waals surface area contributed by atoms with Gasteiger partial charge in [0.05, 0.1) is 12.4 Å². The van der Waals surface area contributed by atoms with E-state index in [1.54, 1.807) is 24.3 Å². The quantitative estimate of drug-likeness (QED) is 0.465. The first-order valence-corrected chi connectivity index (χ1v) is 6.77. The van der Waals surface area contributed by atoms with Gasteiger partial charge in [0.15, 0.2) is 0 Å². The summed E-state index contributed by atoms with van der Waals surface area (Å²) >= 11 is 0. The normalized spacial score (nSPS) is 10.3. The van der Waals surface area contributed by atoms with Crippen LogP contribution in [-0.4, -0.2) is 17.8 Å². The fourth-order valence-corrected chi connectivity index (χ4v) is 1.32. The van der Waals surface area contributed by atoms with E-state index >= 15 is 0 Å². The van der Waals surface area contributed by atoms with E-state index in [2.05, 4.69) is 18.7 Å². The minimum absolute atomic E-state index is 0. The zero-order chi connectivity index (χ0) is 15.3. The number of rotatable bonds is 6. The van der Waals surface area contributed by atoms with Gasteiger partial charge in [-0.2, -0.15) is 36.4 Å². The van der Waals surface area contributed by atoms with E-state index in [0.717, 1.165) is 17.9 Å². The molecule has 0 spiro atoms. The molecule has 4 heteroatoms. The summed E-state index contributed by atoms with van der Waals surface area (Å²) in [5.41, 5.74) is 0. The first-order valence-electron chi connectivity index (χ1n) is 6.77. The number of hydrogen-bond acceptors (Lipinski definition) is 3. The Kier molecular flexibility index (Phi) is 12.7. The van der Waals surface area contributed by atoms with Crippen LogP contribution in [0.5, 0.6) is 11.5 Å². The molecule has 0 heterocycles. The van der Waals surface area contributed by atoms with E-state index < -0.39 is 0 Å². The SMILES string of the molecule is C=COc1cc[c-]cc1.CCC(O)COc1cc[c-]cc1.[U+2]. The maximum absolute atomic E-state index is 9.19. The van der Waals surface area contributed by atoms with Gasteiger partial charge in [0.25, 0.3) is 0 Å². The molecular weight excluding hydrogens is 502 g/mol. The topological polar surface area (TPSA) is 38.7 Å². The van der Waals surface area contributed by atoms with E-state index in [0.29, 0.717) is 6.61 Å². The molecule has 2 aromatic carbocycles. The predicted octanol–water partition coefficient (Wildman–Crippen LogP) is 3.65. The van der Waals surface area contributed by atoms with Crippen molar-refractivity contribution in [3.05, 3.63) is 73.5 Å². The molecule has 0 aliphatic rings. The van der Waals surface area contributed by atoms with Crippen molar-refractivity contribution < 1.29 is 45.7 Å². The Balaban J connectivity index is 0.000000397. The van der Waals surface area contributed by atoms with Crippen molar-refractivity contribution in [3.8, 4) is 11.5 Å². The van der Waals surface area contributed by atoms with Gasteiger partial charge in [-0.25, -0.2) is 0 Å². The summed E-state index contributed by atoms with van der Waals surface area (Å²) in [7, 11) is 0. The fraction of sp³-hybridized carbons (Fsp3) is 0.222. The Morgan fingerprint density at radius 1 is 1.09 bits per heavy atom. The van der Waals surface area contributed by atoms with Crippen LogP contribution in [0.2, 0.25) is 0 Å². The summed E-state index contributed by atoms with van der Waals surface area (Å²) in [5.74, 6) is 1.57. The van der Waals surface area contributed by atoms with Crippen molar-refractivity contribution in [2.45, 2.75) is 19.4 Å². The molecule has 0 saturated heterocycles. The molecule has 0 aromatic heterocycles. The van der Waals surface area contributed by atoms with Crippen LogP contribution in [0.25, 0.3) is 0 Å². The zero-order valence-electron chi connectivity index (χ0n) is 12.7. The second-order valence-corrected chi connectivity index (χ2v) is 4.13. The van der Waals surface area contributed by atoms with Gasteiger partial charge in [-0.15, -0.1) is 24.3 Å². The van der Waals surface area contributed by atoms with E-state index in [-0.39, 0.29) is 37.2 Å². The summed E-state index contributed by atoms with van der Waals surface area (Å²) < 4.78 is 10.2. The van der Waals surface area contributed by atoms with Gasteiger partial charge in [-0.3, -0.25) is 0 Å². The van der Waals surface area contributed by atoms with Crippen LogP contribution in [0, 0.1) is 43.2 Å². The monoisotopic (exact) mass is 522 g/mol. The maximum Gasteiger partial charge on any atom is 2.00 e. The number of hydrogen-bond donors (Lipinski definition) is 1. The number of ether oxygens (including phenoxy) is 2. The van der Waals surface area contributed by atoms with E-state index in [4.69, 9.17) is 9.47 Å². The van der Waals surface area contributed by atoms with Crippen molar-refractivity contribution >= 4 is 0 Å². The molecule has 2 rings (SSSR count). The molecule has 0 radical (unpaired) electrons. The summed E-state index contributed by atoms with van der Waals surface area (Å²) in [5, 5.41) is 9.19. The van der Waals surface area contributed by atoms with Crippen LogP contribution >= 0.6 is 0 Å². The van der Waals surface area contributed by atoms with Gasteiger partial charge < -0.3 is 14.6 Å². The van der Waals surface area contributed by atoms with Gasteiger partial charge >= 0.3 is 31.1 Å². The second kappa shape index (κ2) is 13.5. The predicted molar refractivity (Wildman–Crippen MR) is 83.2 cm³/mol. The molecule has 1 unspecified atom stereocenters. The minimum Gasteiger partial charge on any atom is -0.516 e. The molecule has 2 aromatic rings. The van der Waals surface area contributed by atoms with Crippen LogP contribution in [0.1, 0.15) is 13.3 Å². The third-order valence-corrected chi connectivity index (χ3v) is 2.51. The van der Waals surface area contributed by atoms with Crippen molar-refractivity contribution in [2.24, 2.45) is 0 Å². The average Bonchev–Trinajstić information content (AvgIpc) is 2.55. The minimum atomic E-state index is -0.366. The molecule has 22 heavy (non-hydrogen) atoms. The molecule has 1 N–H and O–H groups in total. The Morgan fingerprint density at radius 2 is 1.59 bits per heavy atom. The van der Waals surface area contributed by atoms with Crippen molar-refractivity contribution in [1.82, 2.24) is 0 Å². The summed E-state index contributed by atoms with van der Waals surface area (Å²) in [6.45, 7) is 5.71. The maximum atomic E-state index is 9.19. The first kappa shape index (κ1) is 20.8. The van der Waals surface area contributed by atoms with Gasteiger partial charge in [0, 0.05) is 11.5 Å². The molecule has 0 bridgehead atoms. The molecule has 0 aliphatic heterocycles. The molecule has 0 aliphatic carbocycles. The second-order valence-electron chi connectivity index (χ2n) is 4.13.